The van der Waals surface area contributed by atoms with E-state index >= 15 is 0 Å². The predicted molar refractivity (Wildman–Crippen MR) is 67.0 cm³/mol. The molecule has 0 amide bonds. The van der Waals surface area contributed by atoms with Crippen LogP contribution in [0.15, 0.2) is 24.3 Å². The Morgan fingerprint density at radius 3 is 2.50 bits per heavy atom. The average molecular weight is 222 g/mol. The van der Waals surface area contributed by atoms with Gasteiger partial charge in [-0.15, -0.1) is 0 Å². The van der Waals surface area contributed by atoms with E-state index in [1.54, 1.807) is 0 Å². The maximum atomic E-state index is 5.67. The summed E-state index contributed by atoms with van der Waals surface area (Å²) in [6, 6.07) is 8.08. The summed E-state index contributed by atoms with van der Waals surface area (Å²) < 4.78 is 11.3. The van der Waals surface area contributed by atoms with E-state index in [1.165, 1.54) is 5.56 Å². The molecule has 0 radical (unpaired) electrons. The molecular weight excluding hydrogens is 200 g/mol. The van der Waals surface area contributed by atoms with E-state index in [2.05, 4.69) is 26.8 Å². The van der Waals surface area contributed by atoms with E-state index in [0.29, 0.717) is 19.3 Å². The molecule has 0 saturated carbocycles. The standard InChI is InChI=1S/C14H22O2/c1-4-13(5-2)15-9-10-16-14-8-6-7-12(3)11-14/h6-8,11,13H,4-5,9-10H2,1-3H3. The molecule has 0 atom stereocenters. The van der Waals surface area contributed by atoms with Gasteiger partial charge in [-0.1, -0.05) is 26.0 Å². The number of rotatable bonds is 7. The first-order valence-corrected chi connectivity index (χ1v) is 6.07. The largest absolute Gasteiger partial charge is 0.491 e. The molecule has 0 saturated heterocycles. The van der Waals surface area contributed by atoms with E-state index in [4.69, 9.17) is 9.47 Å². The topological polar surface area (TPSA) is 18.5 Å². The van der Waals surface area contributed by atoms with E-state index in [1.807, 2.05) is 18.2 Å². The van der Waals surface area contributed by atoms with Gasteiger partial charge in [0.15, 0.2) is 0 Å². The molecule has 0 aliphatic rings. The summed E-state index contributed by atoms with van der Waals surface area (Å²) in [7, 11) is 0. The number of hydrogen-bond acceptors (Lipinski definition) is 2. The Hall–Kier alpha value is -1.02. The first-order chi connectivity index (χ1) is 7.76. The minimum absolute atomic E-state index is 0.376. The van der Waals surface area contributed by atoms with Crippen molar-refractivity contribution < 1.29 is 9.47 Å². The van der Waals surface area contributed by atoms with Crippen molar-refractivity contribution in [3.8, 4) is 5.75 Å². The lowest BCUT2D eigenvalue weighted by molar-refractivity contribution is 0.0296. The summed E-state index contributed by atoms with van der Waals surface area (Å²) in [5.74, 6) is 0.924. The summed E-state index contributed by atoms with van der Waals surface area (Å²) in [6.07, 6.45) is 2.52. The van der Waals surface area contributed by atoms with Crippen LogP contribution in [0.1, 0.15) is 32.3 Å². The molecule has 1 aromatic rings. The second-order valence-electron chi connectivity index (χ2n) is 3.97. The normalized spacial score (nSPS) is 10.8. The number of ether oxygens (including phenoxy) is 2. The van der Waals surface area contributed by atoms with Gasteiger partial charge in [0.1, 0.15) is 12.4 Å². The van der Waals surface area contributed by atoms with E-state index < -0.39 is 0 Å². The van der Waals surface area contributed by atoms with E-state index in [-0.39, 0.29) is 0 Å². The maximum Gasteiger partial charge on any atom is 0.119 e. The highest BCUT2D eigenvalue weighted by atomic mass is 16.5. The zero-order chi connectivity index (χ0) is 11.8. The lowest BCUT2D eigenvalue weighted by Gasteiger charge is -2.14. The fourth-order valence-corrected chi connectivity index (χ4v) is 1.60. The Morgan fingerprint density at radius 1 is 1.12 bits per heavy atom. The van der Waals surface area contributed by atoms with Crippen molar-refractivity contribution in [1.82, 2.24) is 0 Å². The van der Waals surface area contributed by atoms with Gasteiger partial charge in [-0.3, -0.25) is 0 Å². The molecule has 0 bridgehead atoms. The molecule has 2 nitrogen and oxygen atoms in total. The summed E-state index contributed by atoms with van der Waals surface area (Å²) in [5.41, 5.74) is 1.22. The summed E-state index contributed by atoms with van der Waals surface area (Å²) in [4.78, 5) is 0. The Balaban J connectivity index is 2.20. The third-order valence-electron chi connectivity index (χ3n) is 2.61. The molecule has 0 fully saturated rings. The van der Waals surface area contributed by atoms with Crippen molar-refractivity contribution in [3.63, 3.8) is 0 Å². The van der Waals surface area contributed by atoms with E-state index in [9.17, 15) is 0 Å². The van der Waals surface area contributed by atoms with Crippen molar-refractivity contribution in [2.75, 3.05) is 13.2 Å². The molecule has 2 heteroatoms. The highest BCUT2D eigenvalue weighted by molar-refractivity contribution is 5.27. The van der Waals surface area contributed by atoms with Crippen LogP contribution in [0.4, 0.5) is 0 Å². The zero-order valence-electron chi connectivity index (χ0n) is 10.5. The zero-order valence-corrected chi connectivity index (χ0v) is 10.5. The predicted octanol–water partition coefficient (Wildman–Crippen LogP) is 3.58. The van der Waals surface area contributed by atoms with Gasteiger partial charge in [-0.25, -0.2) is 0 Å². The smallest absolute Gasteiger partial charge is 0.119 e. The third-order valence-corrected chi connectivity index (χ3v) is 2.61. The molecule has 1 aromatic carbocycles. The van der Waals surface area contributed by atoms with Crippen LogP contribution in [0, 0.1) is 6.92 Å². The Morgan fingerprint density at radius 2 is 1.88 bits per heavy atom. The quantitative estimate of drug-likeness (QED) is 0.656. The molecule has 90 valence electrons. The minimum Gasteiger partial charge on any atom is -0.491 e. The van der Waals surface area contributed by atoms with Crippen LogP contribution in [0.3, 0.4) is 0 Å². The van der Waals surface area contributed by atoms with Gasteiger partial charge in [0.05, 0.1) is 12.7 Å². The molecule has 0 aromatic heterocycles. The number of aryl methyl sites for hydroxylation is 1. The molecule has 0 heterocycles. The van der Waals surface area contributed by atoms with Crippen molar-refractivity contribution in [2.24, 2.45) is 0 Å². The molecule has 0 aliphatic heterocycles. The molecule has 1 rings (SSSR count). The van der Waals surface area contributed by atoms with Gasteiger partial charge in [0.2, 0.25) is 0 Å². The van der Waals surface area contributed by atoms with Crippen LogP contribution in [0.2, 0.25) is 0 Å². The van der Waals surface area contributed by atoms with Gasteiger partial charge in [0, 0.05) is 0 Å². The van der Waals surface area contributed by atoms with Gasteiger partial charge >= 0.3 is 0 Å². The fourth-order valence-electron chi connectivity index (χ4n) is 1.60. The van der Waals surface area contributed by atoms with Crippen molar-refractivity contribution >= 4 is 0 Å². The molecular formula is C14H22O2. The SMILES string of the molecule is CCC(CC)OCCOc1cccc(C)c1. The second kappa shape index (κ2) is 7.29. The van der Waals surface area contributed by atoms with E-state index in [0.717, 1.165) is 18.6 Å². The lowest BCUT2D eigenvalue weighted by atomic mass is 10.2. The minimum atomic E-state index is 0.376. The maximum absolute atomic E-state index is 5.67. The van der Waals surface area contributed by atoms with Gasteiger partial charge in [-0.05, 0) is 37.5 Å². The highest BCUT2D eigenvalue weighted by Crippen LogP contribution is 2.12. The van der Waals surface area contributed by atoms with Gasteiger partial charge in [-0.2, -0.15) is 0 Å². The van der Waals surface area contributed by atoms with Crippen LogP contribution in [-0.4, -0.2) is 19.3 Å². The van der Waals surface area contributed by atoms with Crippen LogP contribution >= 0.6 is 0 Å². The lowest BCUT2D eigenvalue weighted by Crippen LogP contribution is -2.15. The fraction of sp³-hybridized carbons (Fsp3) is 0.571. The molecule has 0 unspecified atom stereocenters. The molecule has 0 aliphatic carbocycles. The van der Waals surface area contributed by atoms with Gasteiger partial charge < -0.3 is 9.47 Å². The Labute approximate surface area is 98.6 Å². The third kappa shape index (κ3) is 4.67. The van der Waals surface area contributed by atoms with Crippen LogP contribution in [0.5, 0.6) is 5.75 Å². The summed E-state index contributed by atoms with van der Waals surface area (Å²) in [5, 5.41) is 0. The van der Waals surface area contributed by atoms with Crippen LogP contribution in [-0.2, 0) is 4.74 Å². The highest BCUT2D eigenvalue weighted by Gasteiger charge is 2.02. The first-order valence-electron chi connectivity index (χ1n) is 6.07. The Bertz CT molecular complexity index is 293. The number of hydrogen-bond donors (Lipinski definition) is 0. The second-order valence-corrected chi connectivity index (χ2v) is 3.97. The van der Waals surface area contributed by atoms with Crippen molar-refractivity contribution in [3.05, 3.63) is 29.8 Å². The molecule has 0 spiro atoms. The van der Waals surface area contributed by atoms with Crippen LogP contribution in [0.25, 0.3) is 0 Å². The molecule has 16 heavy (non-hydrogen) atoms. The van der Waals surface area contributed by atoms with Crippen molar-refractivity contribution in [2.45, 2.75) is 39.7 Å². The Kier molecular flexibility index (Phi) is 5.94. The van der Waals surface area contributed by atoms with Crippen LogP contribution < -0.4 is 4.74 Å². The number of benzene rings is 1. The summed E-state index contributed by atoms with van der Waals surface area (Å²) >= 11 is 0. The molecule has 0 N–H and O–H groups in total. The van der Waals surface area contributed by atoms with Crippen molar-refractivity contribution in [1.29, 1.82) is 0 Å². The monoisotopic (exact) mass is 222 g/mol. The summed E-state index contributed by atoms with van der Waals surface area (Å²) in [6.45, 7) is 7.65. The average Bonchev–Trinajstić information content (AvgIpc) is 2.29. The van der Waals surface area contributed by atoms with Gasteiger partial charge in [0.25, 0.3) is 0 Å². The first kappa shape index (κ1) is 13.0.